The van der Waals surface area contributed by atoms with E-state index in [0.29, 0.717) is 5.02 Å². The lowest BCUT2D eigenvalue weighted by atomic mass is 10.0. The molecule has 26 heavy (non-hydrogen) atoms. The molecule has 0 saturated carbocycles. The van der Waals surface area contributed by atoms with Gasteiger partial charge in [0.15, 0.2) is 5.65 Å². The lowest BCUT2D eigenvalue weighted by molar-refractivity contribution is 0.949. The van der Waals surface area contributed by atoms with Crippen LogP contribution in [0.1, 0.15) is 0 Å². The van der Waals surface area contributed by atoms with Crippen LogP contribution in [-0.4, -0.2) is 14.6 Å². The Morgan fingerprint density at radius 3 is 2.58 bits per heavy atom. The van der Waals surface area contributed by atoms with Gasteiger partial charge in [-0.15, -0.1) is 0 Å². The summed E-state index contributed by atoms with van der Waals surface area (Å²) in [5.74, 6) is 0. The zero-order valence-electron chi connectivity index (χ0n) is 13.8. The summed E-state index contributed by atoms with van der Waals surface area (Å²) in [5, 5.41) is 7.72. The second-order valence-corrected chi connectivity index (χ2v) is 6.60. The molecule has 124 valence electrons. The largest absolute Gasteiger partial charge is 0.236 e. The van der Waals surface area contributed by atoms with Crippen molar-refractivity contribution in [1.29, 1.82) is 0 Å². The van der Waals surface area contributed by atoms with E-state index in [-0.39, 0.29) is 0 Å². The van der Waals surface area contributed by atoms with Crippen molar-refractivity contribution >= 4 is 28.0 Å². The van der Waals surface area contributed by atoms with Crippen molar-refractivity contribution in [2.24, 2.45) is 0 Å². The molecule has 0 aliphatic heterocycles. The zero-order chi connectivity index (χ0) is 17.5. The first kappa shape index (κ1) is 15.1. The van der Waals surface area contributed by atoms with Crippen molar-refractivity contribution in [1.82, 2.24) is 14.6 Å². The Bertz CT molecular complexity index is 1250. The van der Waals surface area contributed by atoms with Gasteiger partial charge in [-0.1, -0.05) is 66.2 Å². The molecule has 0 N–H and O–H groups in total. The van der Waals surface area contributed by atoms with E-state index in [9.17, 15) is 0 Å². The Morgan fingerprint density at radius 1 is 0.808 bits per heavy atom. The molecule has 3 nitrogen and oxygen atoms in total. The lowest BCUT2D eigenvalue weighted by Crippen LogP contribution is -1.96. The fourth-order valence-corrected chi connectivity index (χ4v) is 3.59. The van der Waals surface area contributed by atoms with Crippen LogP contribution in [0.2, 0.25) is 5.02 Å². The number of halogens is 1. The maximum absolute atomic E-state index is 6.16. The number of nitrogens with zero attached hydrogens (tertiary/aromatic N) is 3. The number of hydrogen-bond donors (Lipinski definition) is 0. The summed E-state index contributed by atoms with van der Waals surface area (Å²) in [6.07, 6.45) is 3.69. The summed E-state index contributed by atoms with van der Waals surface area (Å²) in [7, 11) is 0. The van der Waals surface area contributed by atoms with Gasteiger partial charge >= 0.3 is 0 Å². The van der Waals surface area contributed by atoms with E-state index in [1.54, 1.807) is 0 Å². The van der Waals surface area contributed by atoms with Gasteiger partial charge in [-0.05, 0) is 34.5 Å². The number of rotatable bonds is 2. The number of hydrogen-bond acceptors (Lipinski definition) is 2. The molecule has 0 aliphatic carbocycles. The molecule has 0 bridgehead atoms. The third kappa shape index (κ3) is 2.37. The van der Waals surface area contributed by atoms with Gasteiger partial charge in [0.2, 0.25) is 0 Å². The smallest absolute Gasteiger partial charge is 0.163 e. The van der Waals surface area contributed by atoms with Crippen LogP contribution < -0.4 is 0 Å². The van der Waals surface area contributed by atoms with Crippen LogP contribution in [0.25, 0.3) is 38.8 Å². The standard InChI is InChI=1S/C22H14ClN3/c23-17-8-3-7-16(13-17)20-14-25-26-21(11-12-24-22(20)26)19-10-4-6-15-5-1-2-9-18(15)19/h1-14H. The van der Waals surface area contributed by atoms with E-state index in [4.69, 9.17) is 11.6 Å². The number of fused-ring (bicyclic) bond motifs is 2. The summed E-state index contributed by atoms with van der Waals surface area (Å²) in [4.78, 5) is 4.57. The van der Waals surface area contributed by atoms with Gasteiger partial charge in [0.25, 0.3) is 0 Å². The van der Waals surface area contributed by atoms with Crippen molar-refractivity contribution in [3.63, 3.8) is 0 Å². The van der Waals surface area contributed by atoms with Crippen LogP contribution in [-0.2, 0) is 0 Å². The van der Waals surface area contributed by atoms with Crippen molar-refractivity contribution in [2.75, 3.05) is 0 Å². The topological polar surface area (TPSA) is 30.2 Å². The Morgan fingerprint density at radius 2 is 1.65 bits per heavy atom. The van der Waals surface area contributed by atoms with E-state index < -0.39 is 0 Å². The fourth-order valence-electron chi connectivity index (χ4n) is 3.40. The normalized spacial score (nSPS) is 11.3. The molecule has 0 unspecified atom stereocenters. The predicted octanol–water partition coefficient (Wildman–Crippen LogP) is 5.87. The Kier molecular flexibility index (Phi) is 3.47. The van der Waals surface area contributed by atoms with E-state index in [1.165, 1.54) is 10.8 Å². The summed E-state index contributed by atoms with van der Waals surface area (Å²) in [6.45, 7) is 0. The molecule has 0 atom stereocenters. The van der Waals surface area contributed by atoms with Crippen molar-refractivity contribution in [3.05, 3.63) is 90.2 Å². The SMILES string of the molecule is Clc1cccc(-c2cnn3c(-c4cccc5ccccc45)ccnc23)c1. The molecular formula is C22H14ClN3. The van der Waals surface area contributed by atoms with Gasteiger partial charge in [0.05, 0.1) is 11.9 Å². The second-order valence-electron chi connectivity index (χ2n) is 6.16. The molecule has 2 heterocycles. The van der Waals surface area contributed by atoms with Gasteiger partial charge in [-0.3, -0.25) is 0 Å². The van der Waals surface area contributed by atoms with Crippen LogP contribution in [0.4, 0.5) is 0 Å². The molecule has 0 fully saturated rings. The highest BCUT2D eigenvalue weighted by atomic mass is 35.5. The van der Waals surface area contributed by atoms with Crippen molar-refractivity contribution < 1.29 is 0 Å². The van der Waals surface area contributed by atoms with E-state index in [1.807, 2.05) is 47.2 Å². The average Bonchev–Trinajstić information content (AvgIpc) is 3.12. The minimum atomic E-state index is 0.701. The van der Waals surface area contributed by atoms with E-state index in [0.717, 1.165) is 28.0 Å². The van der Waals surface area contributed by atoms with Gasteiger partial charge in [0, 0.05) is 22.3 Å². The molecule has 0 spiro atoms. The molecular weight excluding hydrogens is 342 g/mol. The summed E-state index contributed by atoms with van der Waals surface area (Å²) in [6, 6.07) is 24.5. The monoisotopic (exact) mass is 355 g/mol. The lowest BCUT2D eigenvalue weighted by Gasteiger charge is -2.09. The second kappa shape index (κ2) is 5.97. The van der Waals surface area contributed by atoms with Gasteiger partial charge in [-0.25, -0.2) is 9.50 Å². The predicted molar refractivity (Wildman–Crippen MR) is 106 cm³/mol. The third-order valence-corrected chi connectivity index (χ3v) is 4.84. The zero-order valence-corrected chi connectivity index (χ0v) is 14.6. The van der Waals surface area contributed by atoms with Gasteiger partial charge in [-0.2, -0.15) is 5.10 Å². The molecule has 3 aromatic carbocycles. The molecule has 0 amide bonds. The molecule has 5 aromatic rings. The average molecular weight is 356 g/mol. The maximum atomic E-state index is 6.16. The number of aromatic nitrogens is 3. The van der Waals surface area contributed by atoms with Crippen molar-refractivity contribution in [3.8, 4) is 22.4 Å². The first-order chi connectivity index (χ1) is 12.8. The molecule has 0 radical (unpaired) electrons. The van der Waals surface area contributed by atoms with E-state index in [2.05, 4.69) is 52.5 Å². The highest BCUT2D eigenvalue weighted by Gasteiger charge is 2.13. The summed E-state index contributed by atoms with van der Waals surface area (Å²) >= 11 is 6.16. The highest BCUT2D eigenvalue weighted by molar-refractivity contribution is 6.30. The first-order valence-corrected chi connectivity index (χ1v) is 8.76. The summed E-state index contributed by atoms with van der Waals surface area (Å²) < 4.78 is 1.90. The van der Waals surface area contributed by atoms with Gasteiger partial charge < -0.3 is 0 Å². The first-order valence-electron chi connectivity index (χ1n) is 8.38. The Hall–Kier alpha value is -3.17. The van der Waals surface area contributed by atoms with Crippen LogP contribution >= 0.6 is 11.6 Å². The van der Waals surface area contributed by atoms with Crippen LogP contribution in [0.15, 0.2) is 85.2 Å². The molecule has 5 rings (SSSR count). The van der Waals surface area contributed by atoms with Gasteiger partial charge in [0.1, 0.15) is 0 Å². The maximum Gasteiger partial charge on any atom is 0.163 e. The third-order valence-electron chi connectivity index (χ3n) is 4.60. The minimum absolute atomic E-state index is 0.701. The van der Waals surface area contributed by atoms with E-state index >= 15 is 0 Å². The molecule has 0 aliphatic rings. The Balaban J connectivity index is 1.78. The Labute approximate surface area is 155 Å². The van der Waals surface area contributed by atoms with Crippen molar-refractivity contribution in [2.45, 2.75) is 0 Å². The van der Waals surface area contributed by atoms with Crippen LogP contribution in [0.3, 0.4) is 0 Å². The number of benzene rings is 3. The quantitative estimate of drug-likeness (QED) is 0.396. The molecule has 2 aromatic heterocycles. The fraction of sp³-hybridized carbons (Fsp3) is 0. The van der Waals surface area contributed by atoms with Crippen LogP contribution in [0, 0.1) is 0 Å². The molecule has 4 heteroatoms. The highest BCUT2D eigenvalue weighted by Crippen LogP contribution is 2.31. The van der Waals surface area contributed by atoms with Crippen LogP contribution in [0.5, 0.6) is 0 Å². The summed E-state index contributed by atoms with van der Waals surface area (Å²) in [5.41, 5.74) is 4.94. The molecule has 0 saturated heterocycles. The minimum Gasteiger partial charge on any atom is -0.236 e.